The van der Waals surface area contributed by atoms with Crippen LogP contribution in [0.5, 0.6) is 5.75 Å². The Kier molecular flexibility index (Phi) is 4.75. The summed E-state index contributed by atoms with van der Waals surface area (Å²) in [7, 11) is 0. The van der Waals surface area contributed by atoms with Gasteiger partial charge in [-0.25, -0.2) is 0 Å². The van der Waals surface area contributed by atoms with Gasteiger partial charge in [-0.3, -0.25) is 9.89 Å². The van der Waals surface area contributed by atoms with E-state index in [1.165, 1.54) is 18.3 Å². The van der Waals surface area contributed by atoms with Crippen molar-refractivity contribution in [3.63, 3.8) is 0 Å². The number of carbonyl (C=O) groups is 1. The molecule has 1 fully saturated rings. The monoisotopic (exact) mass is 337 g/mol. The van der Waals surface area contributed by atoms with E-state index in [-0.39, 0.29) is 17.8 Å². The van der Waals surface area contributed by atoms with Crippen LogP contribution in [-0.4, -0.2) is 51.9 Å². The van der Waals surface area contributed by atoms with Crippen LogP contribution in [0.3, 0.4) is 0 Å². The highest BCUT2D eigenvalue weighted by molar-refractivity contribution is 5.99. The van der Waals surface area contributed by atoms with Gasteiger partial charge in [0.05, 0.1) is 23.6 Å². The Morgan fingerprint density at radius 1 is 1.38 bits per heavy atom. The van der Waals surface area contributed by atoms with Gasteiger partial charge in [0.1, 0.15) is 5.75 Å². The van der Waals surface area contributed by atoms with E-state index < -0.39 is 6.61 Å². The normalized spacial score (nSPS) is 15.8. The maximum Gasteiger partial charge on any atom is 0.387 e. The fourth-order valence-corrected chi connectivity index (χ4v) is 2.74. The van der Waals surface area contributed by atoms with Crippen molar-refractivity contribution in [2.24, 2.45) is 0 Å². The molecule has 3 rings (SSSR count). The SMILES string of the molecule is O=C(c1cn[nH]c1-c1cccc(OC(F)F)c1)N1CCC(O)CC1. The Morgan fingerprint density at radius 3 is 2.83 bits per heavy atom. The number of hydrogen-bond donors (Lipinski definition) is 2. The molecule has 0 unspecified atom stereocenters. The molecular weight excluding hydrogens is 320 g/mol. The number of aliphatic hydroxyl groups is 1. The van der Waals surface area contributed by atoms with Crippen LogP contribution in [0.1, 0.15) is 23.2 Å². The van der Waals surface area contributed by atoms with E-state index in [0.717, 1.165) is 0 Å². The molecule has 1 aliphatic rings. The number of hydrogen-bond acceptors (Lipinski definition) is 4. The number of carbonyl (C=O) groups excluding carboxylic acids is 1. The number of nitrogens with zero attached hydrogens (tertiary/aromatic N) is 2. The number of alkyl halides is 2. The second kappa shape index (κ2) is 6.96. The van der Waals surface area contributed by atoms with E-state index in [4.69, 9.17) is 0 Å². The number of H-pyrrole nitrogens is 1. The van der Waals surface area contributed by atoms with Gasteiger partial charge in [-0.15, -0.1) is 0 Å². The van der Waals surface area contributed by atoms with Crippen LogP contribution in [0, 0.1) is 0 Å². The van der Waals surface area contributed by atoms with Crippen LogP contribution in [-0.2, 0) is 0 Å². The first-order valence-electron chi connectivity index (χ1n) is 7.60. The largest absolute Gasteiger partial charge is 0.435 e. The minimum atomic E-state index is -2.91. The second-order valence-corrected chi connectivity index (χ2v) is 5.59. The van der Waals surface area contributed by atoms with Crippen LogP contribution < -0.4 is 4.74 Å². The van der Waals surface area contributed by atoms with E-state index in [1.54, 1.807) is 17.0 Å². The summed E-state index contributed by atoms with van der Waals surface area (Å²) in [5, 5.41) is 16.2. The molecule has 1 aliphatic heterocycles. The van der Waals surface area contributed by atoms with Crippen LogP contribution >= 0.6 is 0 Å². The number of benzene rings is 1. The van der Waals surface area contributed by atoms with Crippen molar-refractivity contribution < 1.29 is 23.4 Å². The number of aliphatic hydroxyl groups excluding tert-OH is 1. The average Bonchev–Trinajstić information content (AvgIpc) is 3.04. The van der Waals surface area contributed by atoms with E-state index >= 15 is 0 Å². The van der Waals surface area contributed by atoms with Gasteiger partial charge in [-0.05, 0) is 25.0 Å². The minimum Gasteiger partial charge on any atom is -0.435 e. The third kappa shape index (κ3) is 3.53. The lowest BCUT2D eigenvalue weighted by Gasteiger charge is -2.29. The number of aromatic amines is 1. The number of rotatable bonds is 4. The van der Waals surface area contributed by atoms with E-state index in [9.17, 15) is 18.7 Å². The lowest BCUT2D eigenvalue weighted by molar-refractivity contribution is -0.0498. The third-order valence-electron chi connectivity index (χ3n) is 3.97. The van der Waals surface area contributed by atoms with Gasteiger partial charge in [0.25, 0.3) is 5.91 Å². The van der Waals surface area contributed by atoms with Crippen molar-refractivity contribution in [2.45, 2.75) is 25.6 Å². The fourth-order valence-electron chi connectivity index (χ4n) is 2.74. The number of aromatic nitrogens is 2. The zero-order valence-electron chi connectivity index (χ0n) is 12.8. The van der Waals surface area contributed by atoms with Crippen molar-refractivity contribution >= 4 is 5.91 Å². The van der Waals surface area contributed by atoms with Crippen LogP contribution in [0.2, 0.25) is 0 Å². The predicted molar refractivity (Wildman–Crippen MR) is 81.8 cm³/mol. The minimum absolute atomic E-state index is 0.0107. The number of ether oxygens (including phenoxy) is 1. The Bertz CT molecular complexity index is 712. The molecular formula is C16H17F2N3O3. The topological polar surface area (TPSA) is 78.5 Å². The molecule has 2 heterocycles. The Hall–Kier alpha value is -2.48. The zero-order chi connectivity index (χ0) is 17.1. The van der Waals surface area contributed by atoms with Crippen molar-refractivity contribution in [1.82, 2.24) is 15.1 Å². The van der Waals surface area contributed by atoms with Gasteiger partial charge >= 0.3 is 6.61 Å². The molecule has 0 aliphatic carbocycles. The summed E-state index contributed by atoms with van der Waals surface area (Å²) < 4.78 is 29.1. The first-order chi connectivity index (χ1) is 11.5. The Labute approximate surface area is 137 Å². The molecule has 1 saturated heterocycles. The third-order valence-corrected chi connectivity index (χ3v) is 3.97. The predicted octanol–water partition coefficient (Wildman–Crippen LogP) is 2.27. The highest BCUT2D eigenvalue weighted by atomic mass is 19.3. The first kappa shape index (κ1) is 16.4. The van der Waals surface area contributed by atoms with E-state index in [2.05, 4.69) is 14.9 Å². The summed E-state index contributed by atoms with van der Waals surface area (Å²) in [6.07, 6.45) is 2.12. The molecule has 2 N–H and O–H groups in total. The van der Waals surface area contributed by atoms with Crippen molar-refractivity contribution in [3.8, 4) is 17.0 Å². The molecule has 0 radical (unpaired) electrons. The molecule has 0 spiro atoms. The lowest BCUT2D eigenvalue weighted by Crippen LogP contribution is -2.40. The van der Waals surface area contributed by atoms with E-state index in [1.807, 2.05) is 0 Å². The summed E-state index contributed by atoms with van der Waals surface area (Å²) in [6.45, 7) is -1.97. The summed E-state index contributed by atoms with van der Waals surface area (Å²) in [5.41, 5.74) is 1.34. The van der Waals surface area contributed by atoms with Crippen molar-refractivity contribution in [3.05, 3.63) is 36.0 Å². The molecule has 2 aromatic rings. The fraction of sp³-hybridized carbons (Fsp3) is 0.375. The molecule has 1 aromatic carbocycles. The number of likely N-dealkylation sites (tertiary alicyclic amines) is 1. The van der Waals surface area contributed by atoms with Crippen LogP contribution in [0.25, 0.3) is 11.3 Å². The molecule has 128 valence electrons. The number of piperidine rings is 1. The first-order valence-corrected chi connectivity index (χ1v) is 7.60. The maximum atomic E-state index is 12.7. The highest BCUT2D eigenvalue weighted by Gasteiger charge is 2.25. The van der Waals surface area contributed by atoms with E-state index in [0.29, 0.717) is 42.8 Å². The summed E-state index contributed by atoms with van der Waals surface area (Å²) in [6, 6.07) is 6.10. The Balaban J connectivity index is 1.84. The van der Waals surface area contributed by atoms with Crippen molar-refractivity contribution in [2.75, 3.05) is 13.1 Å². The maximum absolute atomic E-state index is 12.7. The molecule has 0 bridgehead atoms. The number of amides is 1. The smallest absolute Gasteiger partial charge is 0.387 e. The van der Waals surface area contributed by atoms with Gasteiger partial charge in [0.2, 0.25) is 0 Å². The number of halogens is 2. The molecule has 1 amide bonds. The molecule has 8 heteroatoms. The quantitative estimate of drug-likeness (QED) is 0.897. The van der Waals surface area contributed by atoms with Gasteiger partial charge in [-0.1, -0.05) is 12.1 Å². The van der Waals surface area contributed by atoms with Crippen LogP contribution in [0.15, 0.2) is 30.5 Å². The van der Waals surface area contributed by atoms with Gasteiger partial charge in [-0.2, -0.15) is 13.9 Å². The Morgan fingerprint density at radius 2 is 2.12 bits per heavy atom. The second-order valence-electron chi connectivity index (χ2n) is 5.59. The average molecular weight is 337 g/mol. The molecule has 0 saturated carbocycles. The summed E-state index contributed by atoms with van der Waals surface area (Å²) in [4.78, 5) is 14.3. The summed E-state index contributed by atoms with van der Waals surface area (Å²) >= 11 is 0. The van der Waals surface area contributed by atoms with Crippen molar-refractivity contribution in [1.29, 1.82) is 0 Å². The van der Waals surface area contributed by atoms with Crippen LogP contribution in [0.4, 0.5) is 8.78 Å². The standard InChI is InChI=1S/C16H17F2N3O3/c17-16(18)24-12-3-1-2-10(8-12)14-13(9-19-20-14)15(23)21-6-4-11(22)5-7-21/h1-3,8-9,11,16,22H,4-7H2,(H,19,20). The zero-order valence-corrected chi connectivity index (χ0v) is 12.8. The molecule has 0 atom stereocenters. The van der Waals surface area contributed by atoms with Gasteiger partial charge in [0.15, 0.2) is 0 Å². The highest BCUT2D eigenvalue weighted by Crippen LogP contribution is 2.27. The van der Waals surface area contributed by atoms with Gasteiger partial charge < -0.3 is 14.7 Å². The molecule has 24 heavy (non-hydrogen) atoms. The summed E-state index contributed by atoms with van der Waals surface area (Å²) in [5.74, 6) is -0.192. The number of nitrogens with one attached hydrogen (secondary N) is 1. The van der Waals surface area contributed by atoms with Gasteiger partial charge in [0, 0.05) is 18.7 Å². The molecule has 6 nitrogen and oxygen atoms in total. The molecule has 1 aromatic heterocycles. The lowest BCUT2D eigenvalue weighted by atomic mass is 10.0.